The van der Waals surface area contributed by atoms with Gasteiger partial charge in [-0.05, 0) is 83.2 Å². The number of hydrogen-bond acceptors (Lipinski definition) is 8. The highest BCUT2D eigenvalue weighted by Gasteiger charge is 2.61. The van der Waals surface area contributed by atoms with Gasteiger partial charge in [0, 0.05) is 35.4 Å². The highest BCUT2D eigenvalue weighted by atomic mass is 16.6. The van der Waals surface area contributed by atoms with Crippen molar-refractivity contribution in [2.75, 3.05) is 0 Å². The number of ether oxygens (including phenoxy) is 4. The molecule has 2 saturated heterocycles. The Labute approximate surface area is 256 Å². The summed E-state index contributed by atoms with van der Waals surface area (Å²) in [6.45, 7) is 11.8. The molecule has 0 spiro atoms. The first-order chi connectivity index (χ1) is 20.9. The maximum absolute atomic E-state index is 12.4. The van der Waals surface area contributed by atoms with Crippen LogP contribution in [0.3, 0.4) is 0 Å². The molecule has 0 bridgehead atoms. The molecule has 0 saturated carbocycles. The van der Waals surface area contributed by atoms with Crippen LogP contribution in [0.2, 0.25) is 0 Å². The van der Waals surface area contributed by atoms with Crippen LogP contribution >= 0.6 is 0 Å². The Kier molecular flexibility index (Phi) is 7.74. The minimum atomic E-state index is -0.820. The first-order valence-electron chi connectivity index (χ1n) is 15.2. The first-order valence-corrected chi connectivity index (χ1v) is 15.2. The van der Waals surface area contributed by atoms with E-state index in [1.165, 1.54) is 11.6 Å². The van der Waals surface area contributed by atoms with E-state index in [4.69, 9.17) is 23.4 Å². The molecule has 8 nitrogen and oxygen atoms in total. The van der Waals surface area contributed by atoms with Gasteiger partial charge in [0.05, 0.1) is 11.2 Å². The van der Waals surface area contributed by atoms with Crippen LogP contribution in [-0.2, 0) is 25.4 Å². The molecule has 2 aromatic carbocycles. The highest BCUT2D eigenvalue weighted by Crippen LogP contribution is 2.49. The third kappa shape index (κ3) is 5.95. The lowest BCUT2D eigenvalue weighted by atomic mass is 9.84. The Morgan fingerprint density at radius 2 is 1.84 bits per heavy atom. The molecule has 3 aromatic rings. The van der Waals surface area contributed by atoms with Crippen LogP contribution < -0.4 is 10.4 Å². The van der Waals surface area contributed by atoms with Crippen molar-refractivity contribution in [2.45, 2.75) is 89.3 Å². The summed E-state index contributed by atoms with van der Waals surface area (Å²) in [5.41, 5.74) is 2.68. The number of esters is 2. The van der Waals surface area contributed by atoms with Gasteiger partial charge in [-0.15, -0.1) is 0 Å². The third-order valence-corrected chi connectivity index (χ3v) is 9.19. The normalized spacial score (nSPS) is 27.4. The summed E-state index contributed by atoms with van der Waals surface area (Å²) in [5.74, 6) is 0.168. The first kappa shape index (κ1) is 29.9. The second-order valence-corrected chi connectivity index (χ2v) is 12.9. The van der Waals surface area contributed by atoms with Crippen molar-refractivity contribution in [1.29, 1.82) is 0 Å². The largest absolute Gasteiger partial charge is 0.485 e. The molecule has 1 aromatic heterocycles. The third-order valence-electron chi connectivity index (χ3n) is 9.19. The molecule has 7 rings (SSSR count). The quantitative estimate of drug-likeness (QED) is 0.111. The van der Waals surface area contributed by atoms with E-state index >= 15 is 0 Å². The topological polar surface area (TPSA) is 105 Å². The number of carbonyl (C=O) groups excluding carboxylic acids is 2. The monoisotopic (exact) mass is 598 g/mol. The molecular weight excluding hydrogens is 560 g/mol. The number of fused-ring (bicyclic) bond motifs is 5. The van der Waals surface area contributed by atoms with Crippen LogP contribution in [0, 0.1) is 5.92 Å². The average Bonchev–Trinajstić information content (AvgIpc) is 3.32. The van der Waals surface area contributed by atoms with E-state index in [9.17, 15) is 14.4 Å². The van der Waals surface area contributed by atoms with Crippen LogP contribution in [-0.4, -0.2) is 41.5 Å². The number of benzene rings is 2. The molecule has 4 aliphatic rings. The summed E-state index contributed by atoms with van der Waals surface area (Å²) >= 11 is 0. The van der Waals surface area contributed by atoms with E-state index in [2.05, 4.69) is 26.5 Å². The van der Waals surface area contributed by atoms with Crippen molar-refractivity contribution in [2.24, 2.45) is 5.92 Å². The van der Waals surface area contributed by atoms with Crippen molar-refractivity contribution in [1.82, 2.24) is 0 Å². The molecule has 1 aliphatic carbocycles. The molecule has 3 aliphatic heterocycles. The second kappa shape index (κ2) is 11.4. The molecular formula is C36H38O8. The Bertz CT molecular complexity index is 1700. The van der Waals surface area contributed by atoms with Gasteiger partial charge < -0.3 is 23.4 Å². The lowest BCUT2D eigenvalue weighted by molar-refractivity contribution is -0.140. The molecule has 5 unspecified atom stereocenters. The number of allylic oxidation sites excluding steroid dienone is 2. The van der Waals surface area contributed by atoms with Crippen molar-refractivity contribution in [3.8, 4) is 5.75 Å². The maximum Gasteiger partial charge on any atom is 0.338 e. The Morgan fingerprint density at radius 1 is 1.07 bits per heavy atom. The molecule has 2 fully saturated rings. The van der Waals surface area contributed by atoms with Gasteiger partial charge in [-0.1, -0.05) is 36.4 Å². The number of rotatable bonds is 3. The highest BCUT2D eigenvalue weighted by molar-refractivity contribution is 5.91. The smallest absolute Gasteiger partial charge is 0.338 e. The summed E-state index contributed by atoms with van der Waals surface area (Å²) in [4.78, 5) is 35.5. The number of hydrogen-bond donors (Lipinski definition) is 0. The Morgan fingerprint density at radius 3 is 2.61 bits per heavy atom. The van der Waals surface area contributed by atoms with Crippen LogP contribution in [0.5, 0.6) is 5.75 Å². The standard InChI is InChI=1S/C21H18O5.C15H20O3/c1-21(2,26-20(23)13-6-4-3-5-7-13)18-11-15-10-14-8-9-19(22)25-16(14)12-17(15)24-18;1-9-5-4-8-15(3)13(18-15)12-11(7-6-9)10(2)14(16)17-12/h3-10,12,18H,11H2,1-2H3;5,11-13H,2,4,6-8H2,1,3H3. The molecule has 0 N–H and O–H groups in total. The van der Waals surface area contributed by atoms with Gasteiger partial charge >= 0.3 is 17.6 Å². The second-order valence-electron chi connectivity index (χ2n) is 12.9. The van der Waals surface area contributed by atoms with E-state index in [-0.39, 0.29) is 41.8 Å². The fourth-order valence-corrected chi connectivity index (χ4v) is 6.34. The van der Waals surface area contributed by atoms with Gasteiger partial charge in [-0.25, -0.2) is 14.4 Å². The molecule has 230 valence electrons. The van der Waals surface area contributed by atoms with Gasteiger partial charge in [0.2, 0.25) is 0 Å². The van der Waals surface area contributed by atoms with E-state index in [1.54, 1.807) is 36.4 Å². The van der Waals surface area contributed by atoms with E-state index in [0.29, 0.717) is 28.9 Å². The van der Waals surface area contributed by atoms with Gasteiger partial charge in [-0.2, -0.15) is 0 Å². The zero-order chi connectivity index (χ0) is 31.2. The average molecular weight is 599 g/mol. The Balaban J connectivity index is 0.000000167. The minimum absolute atomic E-state index is 0.0671. The van der Waals surface area contributed by atoms with Gasteiger partial charge in [0.1, 0.15) is 35.2 Å². The van der Waals surface area contributed by atoms with Crippen LogP contribution in [0.15, 0.2) is 87.6 Å². The van der Waals surface area contributed by atoms with Gasteiger partial charge in [0.25, 0.3) is 0 Å². The fraction of sp³-hybridized carbons (Fsp3) is 0.417. The predicted molar refractivity (Wildman–Crippen MR) is 165 cm³/mol. The zero-order valence-electron chi connectivity index (χ0n) is 25.6. The van der Waals surface area contributed by atoms with Crippen molar-refractivity contribution in [3.05, 3.63) is 99.9 Å². The van der Waals surface area contributed by atoms with Crippen molar-refractivity contribution < 1.29 is 33.0 Å². The summed E-state index contributed by atoms with van der Waals surface area (Å²) in [6, 6.07) is 15.7. The molecule has 0 radical (unpaired) electrons. The van der Waals surface area contributed by atoms with Crippen LogP contribution in [0.25, 0.3) is 11.0 Å². The number of epoxide rings is 1. The SMILES string of the molecule is C=C1C(=O)OC2C1CCC(C)=CCCC1(C)OC21.CC(C)(OC(=O)c1ccccc1)C1Cc2cc3ccc(=O)oc3cc2O1. The molecule has 0 amide bonds. The van der Waals surface area contributed by atoms with E-state index in [0.717, 1.165) is 36.6 Å². The molecule has 5 atom stereocenters. The van der Waals surface area contributed by atoms with Crippen LogP contribution in [0.1, 0.15) is 69.3 Å². The van der Waals surface area contributed by atoms with E-state index in [1.807, 2.05) is 26.0 Å². The number of carbonyl (C=O) groups is 2. The summed E-state index contributed by atoms with van der Waals surface area (Å²) in [7, 11) is 0. The van der Waals surface area contributed by atoms with Crippen molar-refractivity contribution >= 4 is 22.9 Å². The minimum Gasteiger partial charge on any atom is -0.485 e. The van der Waals surface area contributed by atoms with Crippen LogP contribution in [0.4, 0.5) is 0 Å². The molecule has 4 heterocycles. The molecule has 8 heteroatoms. The zero-order valence-corrected chi connectivity index (χ0v) is 25.6. The van der Waals surface area contributed by atoms with Gasteiger partial charge in [0.15, 0.2) is 0 Å². The summed E-state index contributed by atoms with van der Waals surface area (Å²) in [6.07, 6.45) is 6.54. The summed E-state index contributed by atoms with van der Waals surface area (Å²) < 4.78 is 28.3. The van der Waals surface area contributed by atoms with E-state index < -0.39 is 11.2 Å². The predicted octanol–water partition coefficient (Wildman–Crippen LogP) is 6.49. The van der Waals surface area contributed by atoms with Crippen molar-refractivity contribution in [3.63, 3.8) is 0 Å². The Hall–Kier alpha value is -4.17. The fourth-order valence-electron chi connectivity index (χ4n) is 6.34. The van der Waals surface area contributed by atoms with Gasteiger partial charge in [-0.3, -0.25) is 0 Å². The lowest BCUT2D eigenvalue weighted by Crippen LogP contribution is -2.43. The summed E-state index contributed by atoms with van der Waals surface area (Å²) in [5, 5.41) is 0.840. The maximum atomic E-state index is 12.4. The molecule has 44 heavy (non-hydrogen) atoms. The lowest BCUT2D eigenvalue weighted by Gasteiger charge is -2.30.